The van der Waals surface area contributed by atoms with Gasteiger partial charge >= 0.3 is 0 Å². The molecule has 18 heavy (non-hydrogen) atoms. The van der Waals surface area contributed by atoms with Gasteiger partial charge < -0.3 is 4.74 Å². The van der Waals surface area contributed by atoms with Crippen molar-refractivity contribution in [3.8, 4) is 0 Å². The number of aryl methyl sites for hydroxylation is 1. The third kappa shape index (κ3) is 2.99. The third-order valence-electron chi connectivity index (χ3n) is 3.10. The highest BCUT2D eigenvalue weighted by Crippen LogP contribution is 2.35. The first-order valence-corrected chi connectivity index (χ1v) is 8.25. The summed E-state index contributed by atoms with van der Waals surface area (Å²) < 4.78 is 20.9. The van der Waals surface area contributed by atoms with Crippen LogP contribution in [0.5, 0.6) is 0 Å². The summed E-state index contributed by atoms with van der Waals surface area (Å²) in [6.45, 7) is 7.36. The lowest BCUT2D eigenvalue weighted by Gasteiger charge is -2.36. The Morgan fingerprint density at radius 1 is 1.50 bits per heavy atom. The van der Waals surface area contributed by atoms with Crippen LogP contribution >= 0.6 is 11.3 Å². The molecule has 0 aromatic carbocycles. The van der Waals surface area contributed by atoms with Crippen molar-refractivity contribution in [2.24, 2.45) is 0 Å². The first-order valence-electron chi connectivity index (χ1n) is 6.22. The van der Waals surface area contributed by atoms with Crippen LogP contribution in [0.4, 0.5) is 0 Å². The van der Waals surface area contributed by atoms with Crippen LogP contribution in [0.3, 0.4) is 0 Å². The number of ether oxygens (including phenoxy) is 1. The molecule has 1 saturated heterocycles. The van der Waals surface area contributed by atoms with Gasteiger partial charge in [-0.2, -0.15) is 0 Å². The highest BCUT2D eigenvalue weighted by Gasteiger charge is 2.38. The predicted molar refractivity (Wildman–Crippen MR) is 75.0 cm³/mol. The van der Waals surface area contributed by atoms with Crippen LogP contribution in [0.2, 0.25) is 0 Å². The van der Waals surface area contributed by atoms with Gasteiger partial charge in [0, 0.05) is 29.5 Å². The van der Waals surface area contributed by atoms with Crippen LogP contribution in [-0.4, -0.2) is 27.7 Å². The summed E-state index contributed by atoms with van der Waals surface area (Å²) in [6.07, 6.45) is 3.55. The molecular formula is C12H20N2O2S2. The van der Waals surface area contributed by atoms with Crippen LogP contribution in [0.25, 0.3) is 0 Å². The zero-order chi connectivity index (χ0) is 13.2. The van der Waals surface area contributed by atoms with Gasteiger partial charge in [0.15, 0.2) is 0 Å². The van der Waals surface area contributed by atoms with Crippen molar-refractivity contribution in [3.63, 3.8) is 0 Å². The van der Waals surface area contributed by atoms with Gasteiger partial charge in [-0.05, 0) is 33.6 Å². The molecule has 1 N–H and O–H groups in total. The number of nitrogens with one attached hydrogen (secondary N) is 1. The fraction of sp³-hybridized carbons (Fsp3) is 0.750. The lowest BCUT2D eigenvalue weighted by molar-refractivity contribution is 0.0463. The number of rotatable bonds is 4. The van der Waals surface area contributed by atoms with E-state index in [4.69, 9.17) is 4.74 Å². The molecule has 1 aromatic rings. The summed E-state index contributed by atoms with van der Waals surface area (Å²) >= 11 is 1.68. The molecule has 0 aliphatic carbocycles. The molecule has 6 heteroatoms. The molecule has 1 aromatic heterocycles. The minimum atomic E-state index is -1.04. The minimum Gasteiger partial charge on any atom is -0.381 e. The molecular weight excluding hydrogens is 268 g/mol. The number of hydrogen-bond acceptors (Lipinski definition) is 4. The van der Waals surface area contributed by atoms with Gasteiger partial charge in [-0.3, -0.25) is 0 Å². The molecule has 2 heterocycles. The zero-order valence-corrected chi connectivity index (χ0v) is 12.7. The molecule has 0 amide bonds. The topological polar surface area (TPSA) is 51.2 Å². The standard InChI is InChI=1S/C12H20N2O2S2/c1-9(2)18(15)14-12(4-6-16-7-5-12)11-13-8-10(3)17-11/h8-9,14H,4-7H2,1-3H3. The van der Waals surface area contributed by atoms with Crippen LogP contribution in [0.15, 0.2) is 6.20 Å². The van der Waals surface area contributed by atoms with Crippen LogP contribution < -0.4 is 4.72 Å². The van der Waals surface area contributed by atoms with Gasteiger partial charge in [-0.15, -0.1) is 11.3 Å². The number of hydrogen-bond donors (Lipinski definition) is 1. The summed E-state index contributed by atoms with van der Waals surface area (Å²) in [5.74, 6) is 0. The van der Waals surface area contributed by atoms with Gasteiger partial charge in [0.05, 0.1) is 16.5 Å². The van der Waals surface area contributed by atoms with Crippen LogP contribution in [0, 0.1) is 6.92 Å². The van der Waals surface area contributed by atoms with Crippen LogP contribution in [-0.2, 0) is 21.3 Å². The molecule has 1 aliphatic heterocycles. The van der Waals surface area contributed by atoms with E-state index in [-0.39, 0.29) is 10.8 Å². The summed E-state index contributed by atoms with van der Waals surface area (Å²) in [4.78, 5) is 5.68. The molecule has 102 valence electrons. The summed E-state index contributed by atoms with van der Waals surface area (Å²) in [6, 6.07) is 0. The molecule has 1 unspecified atom stereocenters. The zero-order valence-electron chi connectivity index (χ0n) is 11.1. The quantitative estimate of drug-likeness (QED) is 0.923. The Bertz CT molecular complexity index is 425. The normalized spacial score (nSPS) is 21.1. The van der Waals surface area contributed by atoms with Crippen molar-refractivity contribution in [2.75, 3.05) is 13.2 Å². The smallest absolute Gasteiger partial charge is 0.114 e. The van der Waals surface area contributed by atoms with E-state index in [2.05, 4.69) is 9.71 Å². The summed E-state index contributed by atoms with van der Waals surface area (Å²) in [5.41, 5.74) is -0.272. The van der Waals surface area contributed by atoms with E-state index < -0.39 is 11.0 Å². The molecule has 0 spiro atoms. The Kier molecular flexibility index (Phi) is 4.53. The molecule has 1 atom stereocenters. The molecule has 1 fully saturated rings. The van der Waals surface area contributed by atoms with E-state index in [0.717, 1.165) is 17.8 Å². The maximum atomic E-state index is 12.1. The van der Waals surface area contributed by atoms with Gasteiger partial charge in [-0.1, -0.05) is 0 Å². The van der Waals surface area contributed by atoms with Gasteiger partial charge in [0.25, 0.3) is 0 Å². The van der Waals surface area contributed by atoms with Crippen molar-refractivity contribution >= 4 is 22.3 Å². The maximum Gasteiger partial charge on any atom is 0.114 e. The number of nitrogens with zero attached hydrogens (tertiary/aromatic N) is 1. The van der Waals surface area contributed by atoms with E-state index in [1.54, 1.807) is 11.3 Å². The largest absolute Gasteiger partial charge is 0.381 e. The van der Waals surface area contributed by atoms with E-state index in [1.165, 1.54) is 4.88 Å². The fourth-order valence-electron chi connectivity index (χ4n) is 1.97. The molecule has 0 saturated carbocycles. The third-order valence-corrected chi connectivity index (χ3v) is 5.67. The molecule has 0 bridgehead atoms. The van der Waals surface area contributed by atoms with E-state index in [9.17, 15) is 4.21 Å². The lowest BCUT2D eigenvalue weighted by Crippen LogP contribution is -2.48. The van der Waals surface area contributed by atoms with Crippen LogP contribution in [0.1, 0.15) is 36.6 Å². The van der Waals surface area contributed by atoms with Crippen molar-refractivity contribution in [1.82, 2.24) is 9.71 Å². The number of thiazole rings is 1. The highest BCUT2D eigenvalue weighted by molar-refractivity contribution is 7.83. The SMILES string of the molecule is Cc1cnc(C2(NS(=O)C(C)C)CCOCC2)s1. The average molecular weight is 288 g/mol. The van der Waals surface area contributed by atoms with Gasteiger partial charge in [-0.25, -0.2) is 13.9 Å². The summed E-state index contributed by atoms with van der Waals surface area (Å²) in [5, 5.41) is 1.14. The van der Waals surface area contributed by atoms with E-state index in [0.29, 0.717) is 13.2 Å². The van der Waals surface area contributed by atoms with Gasteiger partial charge in [0.1, 0.15) is 5.01 Å². The molecule has 0 radical (unpaired) electrons. The van der Waals surface area contributed by atoms with Crippen molar-refractivity contribution in [1.29, 1.82) is 0 Å². The Balaban J connectivity index is 2.25. The molecule has 4 nitrogen and oxygen atoms in total. The second-order valence-corrected chi connectivity index (χ2v) is 7.90. The Hall–Kier alpha value is -0.300. The first-order chi connectivity index (χ1) is 8.53. The molecule has 2 rings (SSSR count). The molecule has 1 aliphatic rings. The second-order valence-electron chi connectivity index (χ2n) is 4.92. The van der Waals surface area contributed by atoms with Crippen molar-refractivity contribution < 1.29 is 8.95 Å². The van der Waals surface area contributed by atoms with E-state index in [1.807, 2.05) is 27.0 Å². The second kappa shape index (κ2) is 5.77. The van der Waals surface area contributed by atoms with Crippen molar-refractivity contribution in [3.05, 3.63) is 16.1 Å². The Labute approximate surface area is 115 Å². The predicted octanol–water partition coefficient (Wildman–Crippen LogP) is 2.12. The Morgan fingerprint density at radius 3 is 2.67 bits per heavy atom. The monoisotopic (exact) mass is 288 g/mol. The number of aromatic nitrogens is 1. The maximum absolute atomic E-state index is 12.1. The van der Waals surface area contributed by atoms with E-state index >= 15 is 0 Å². The minimum absolute atomic E-state index is 0.103. The van der Waals surface area contributed by atoms with Gasteiger partial charge in [0.2, 0.25) is 0 Å². The summed E-state index contributed by atoms with van der Waals surface area (Å²) in [7, 11) is -1.04. The first kappa shape index (κ1) is 14.1. The fourth-order valence-corrected chi connectivity index (χ4v) is 3.92. The Morgan fingerprint density at radius 2 is 2.17 bits per heavy atom. The van der Waals surface area contributed by atoms with Crippen molar-refractivity contribution in [2.45, 2.75) is 44.4 Å². The lowest BCUT2D eigenvalue weighted by atomic mass is 9.92. The average Bonchev–Trinajstić information content (AvgIpc) is 2.77. The highest BCUT2D eigenvalue weighted by atomic mass is 32.2.